The van der Waals surface area contributed by atoms with Crippen molar-refractivity contribution >= 4 is 11.6 Å². The highest BCUT2D eigenvalue weighted by Crippen LogP contribution is 2.15. The van der Waals surface area contributed by atoms with E-state index in [1.54, 1.807) is 6.20 Å². The van der Waals surface area contributed by atoms with E-state index in [0.29, 0.717) is 0 Å². The topological polar surface area (TPSA) is 29.9 Å². The molecule has 0 saturated heterocycles. The molecular formula is C13H15N3. The summed E-state index contributed by atoms with van der Waals surface area (Å²) >= 11 is 0. The van der Waals surface area contributed by atoms with Gasteiger partial charge in [0.25, 0.3) is 0 Å². The lowest BCUT2D eigenvalue weighted by Gasteiger charge is -2.07. The lowest BCUT2D eigenvalue weighted by Crippen LogP contribution is -2.01. The largest absolute Gasteiger partial charge is 0.326 e. The molecule has 3 heteroatoms. The number of rotatable bonds is 4. The summed E-state index contributed by atoms with van der Waals surface area (Å²) < 4.78 is 2.01. The summed E-state index contributed by atoms with van der Waals surface area (Å²) in [4.78, 5) is 4.26. The second-order valence-corrected chi connectivity index (χ2v) is 3.68. The third kappa shape index (κ3) is 2.31. The Hall–Kier alpha value is -2.03. The van der Waals surface area contributed by atoms with Gasteiger partial charge < -0.3 is 9.88 Å². The van der Waals surface area contributed by atoms with E-state index in [9.17, 15) is 0 Å². The van der Waals surface area contributed by atoms with Crippen LogP contribution in [0.4, 0.5) is 11.6 Å². The number of benzene rings is 1. The van der Waals surface area contributed by atoms with Crippen molar-refractivity contribution in [2.45, 2.75) is 13.5 Å². The van der Waals surface area contributed by atoms with Crippen molar-refractivity contribution in [3.8, 4) is 0 Å². The van der Waals surface area contributed by atoms with Crippen molar-refractivity contribution in [3.05, 3.63) is 54.9 Å². The first-order valence-electron chi connectivity index (χ1n) is 5.25. The van der Waals surface area contributed by atoms with Crippen molar-refractivity contribution in [2.24, 2.45) is 0 Å². The number of imidazole rings is 1. The number of anilines is 2. The minimum atomic E-state index is 0.758. The number of hydrogen-bond donors (Lipinski definition) is 1. The summed E-state index contributed by atoms with van der Waals surface area (Å²) in [6.07, 6.45) is 5.56. The second kappa shape index (κ2) is 4.66. The van der Waals surface area contributed by atoms with Crippen molar-refractivity contribution in [1.29, 1.82) is 0 Å². The third-order valence-electron chi connectivity index (χ3n) is 2.35. The maximum absolute atomic E-state index is 4.26. The van der Waals surface area contributed by atoms with Crippen molar-refractivity contribution in [3.63, 3.8) is 0 Å². The fourth-order valence-electron chi connectivity index (χ4n) is 1.49. The number of hydrogen-bond acceptors (Lipinski definition) is 2. The molecule has 2 aromatic rings. The minimum Gasteiger partial charge on any atom is -0.326 e. The van der Waals surface area contributed by atoms with Gasteiger partial charge in [0, 0.05) is 24.6 Å². The van der Waals surface area contributed by atoms with Gasteiger partial charge in [-0.3, -0.25) is 0 Å². The van der Waals surface area contributed by atoms with Crippen LogP contribution in [0.2, 0.25) is 0 Å². The quantitative estimate of drug-likeness (QED) is 0.791. The summed E-state index contributed by atoms with van der Waals surface area (Å²) in [5, 5.41) is 3.27. The highest BCUT2D eigenvalue weighted by molar-refractivity contribution is 5.53. The number of nitrogens with zero attached hydrogens (tertiary/aromatic N) is 2. The second-order valence-electron chi connectivity index (χ2n) is 3.68. The van der Waals surface area contributed by atoms with Crippen LogP contribution in [0.15, 0.2) is 49.3 Å². The Morgan fingerprint density at radius 2 is 2.12 bits per heavy atom. The Balaban J connectivity index is 2.16. The molecule has 0 unspecified atom stereocenters. The predicted octanol–water partition coefficient (Wildman–Crippen LogP) is 3.12. The van der Waals surface area contributed by atoms with Crippen LogP contribution in [0.5, 0.6) is 0 Å². The van der Waals surface area contributed by atoms with Gasteiger partial charge in [-0.05, 0) is 19.1 Å². The molecule has 0 amide bonds. The van der Waals surface area contributed by atoms with E-state index < -0.39 is 0 Å². The van der Waals surface area contributed by atoms with Gasteiger partial charge in [-0.1, -0.05) is 23.8 Å². The standard InChI is InChI=1S/C13H15N3/c1-3-9-16-10-8-14-13(16)15-12-6-4-11(2)5-7-12/h3-8,10H,1,9H2,2H3,(H,14,15). The lowest BCUT2D eigenvalue weighted by molar-refractivity contribution is 0.833. The van der Waals surface area contributed by atoms with Gasteiger partial charge in [0.2, 0.25) is 5.95 Å². The molecule has 2 rings (SSSR count). The molecule has 1 aromatic carbocycles. The van der Waals surface area contributed by atoms with Gasteiger partial charge >= 0.3 is 0 Å². The first-order chi connectivity index (χ1) is 7.79. The van der Waals surface area contributed by atoms with Crippen LogP contribution in [0.25, 0.3) is 0 Å². The van der Waals surface area contributed by atoms with Gasteiger partial charge in [-0.25, -0.2) is 4.98 Å². The van der Waals surface area contributed by atoms with Gasteiger partial charge in [-0.15, -0.1) is 6.58 Å². The van der Waals surface area contributed by atoms with Gasteiger partial charge in [0.15, 0.2) is 0 Å². The number of aromatic nitrogens is 2. The molecule has 0 fully saturated rings. The molecule has 0 aliphatic heterocycles. The van der Waals surface area contributed by atoms with E-state index in [-0.39, 0.29) is 0 Å². The van der Waals surface area contributed by atoms with Crippen LogP contribution >= 0.6 is 0 Å². The van der Waals surface area contributed by atoms with Crippen molar-refractivity contribution in [2.75, 3.05) is 5.32 Å². The van der Waals surface area contributed by atoms with Crippen LogP contribution in [0, 0.1) is 6.92 Å². The molecule has 16 heavy (non-hydrogen) atoms. The van der Waals surface area contributed by atoms with Crippen LogP contribution in [0.1, 0.15) is 5.56 Å². The average molecular weight is 213 g/mol. The number of allylic oxidation sites excluding steroid dienone is 1. The highest BCUT2D eigenvalue weighted by Gasteiger charge is 2.00. The minimum absolute atomic E-state index is 0.758. The van der Waals surface area contributed by atoms with E-state index in [1.165, 1.54) is 5.56 Å². The smallest absolute Gasteiger partial charge is 0.207 e. The lowest BCUT2D eigenvalue weighted by atomic mass is 10.2. The third-order valence-corrected chi connectivity index (χ3v) is 2.35. The summed E-state index contributed by atoms with van der Waals surface area (Å²) in [5.74, 6) is 0.837. The van der Waals surface area contributed by atoms with E-state index in [1.807, 2.05) is 29.0 Å². The van der Waals surface area contributed by atoms with Crippen molar-refractivity contribution in [1.82, 2.24) is 9.55 Å². The SMILES string of the molecule is C=CCn1ccnc1Nc1ccc(C)cc1. The van der Waals surface area contributed by atoms with Crippen LogP contribution in [-0.4, -0.2) is 9.55 Å². The zero-order valence-corrected chi connectivity index (χ0v) is 9.35. The van der Waals surface area contributed by atoms with Crippen LogP contribution in [0.3, 0.4) is 0 Å². The Morgan fingerprint density at radius 1 is 1.38 bits per heavy atom. The number of nitrogens with one attached hydrogen (secondary N) is 1. The summed E-state index contributed by atoms with van der Waals surface area (Å²) in [6.45, 7) is 6.55. The Kier molecular flexibility index (Phi) is 3.05. The maximum atomic E-state index is 4.26. The van der Waals surface area contributed by atoms with Gasteiger partial charge in [0.05, 0.1) is 0 Å². The fraction of sp³-hybridized carbons (Fsp3) is 0.154. The maximum Gasteiger partial charge on any atom is 0.207 e. The van der Waals surface area contributed by atoms with E-state index in [0.717, 1.165) is 18.2 Å². The van der Waals surface area contributed by atoms with Gasteiger partial charge in [-0.2, -0.15) is 0 Å². The molecular weight excluding hydrogens is 198 g/mol. The first kappa shape index (κ1) is 10.5. The van der Waals surface area contributed by atoms with E-state index in [2.05, 4.69) is 35.9 Å². The zero-order valence-electron chi connectivity index (χ0n) is 9.35. The van der Waals surface area contributed by atoms with Gasteiger partial charge in [0.1, 0.15) is 0 Å². The van der Waals surface area contributed by atoms with Crippen LogP contribution in [-0.2, 0) is 6.54 Å². The molecule has 0 aliphatic carbocycles. The molecule has 0 saturated carbocycles. The molecule has 0 aliphatic rings. The molecule has 0 atom stereocenters. The average Bonchev–Trinajstić information content (AvgIpc) is 2.70. The molecule has 1 aromatic heterocycles. The molecule has 3 nitrogen and oxygen atoms in total. The number of aryl methyl sites for hydroxylation is 1. The Labute approximate surface area is 95.4 Å². The first-order valence-corrected chi connectivity index (χ1v) is 5.25. The fourth-order valence-corrected chi connectivity index (χ4v) is 1.49. The monoisotopic (exact) mass is 213 g/mol. The normalized spacial score (nSPS) is 10.1. The molecule has 82 valence electrons. The highest BCUT2D eigenvalue weighted by atomic mass is 15.2. The zero-order chi connectivity index (χ0) is 11.4. The van der Waals surface area contributed by atoms with Crippen molar-refractivity contribution < 1.29 is 0 Å². The molecule has 1 N–H and O–H groups in total. The predicted molar refractivity (Wildman–Crippen MR) is 66.9 cm³/mol. The molecule has 0 bridgehead atoms. The molecule has 0 radical (unpaired) electrons. The van der Waals surface area contributed by atoms with E-state index in [4.69, 9.17) is 0 Å². The Bertz CT molecular complexity index is 468. The van der Waals surface area contributed by atoms with E-state index >= 15 is 0 Å². The summed E-state index contributed by atoms with van der Waals surface area (Å²) in [7, 11) is 0. The molecule has 0 spiro atoms. The summed E-state index contributed by atoms with van der Waals surface area (Å²) in [5.41, 5.74) is 2.29. The summed E-state index contributed by atoms with van der Waals surface area (Å²) in [6, 6.07) is 8.23. The Morgan fingerprint density at radius 3 is 2.81 bits per heavy atom. The van der Waals surface area contributed by atoms with Crippen LogP contribution < -0.4 is 5.32 Å². The molecule has 1 heterocycles.